The van der Waals surface area contributed by atoms with E-state index in [0.717, 1.165) is 36.9 Å². The molecule has 114 valence electrons. The molecule has 2 heterocycles. The number of nitrogens with zero attached hydrogens (tertiary/aromatic N) is 3. The van der Waals surface area contributed by atoms with Gasteiger partial charge in [-0.25, -0.2) is 4.79 Å². The van der Waals surface area contributed by atoms with Crippen LogP contribution in [-0.2, 0) is 13.1 Å². The van der Waals surface area contributed by atoms with E-state index in [0.29, 0.717) is 36.9 Å². The Morgan fingerprint density at radius 1 is 1.32 bits per heavy atom. The summed E-state index contributed by atoms with van der Waals surface area (Å²) in [6, 6.07) is 4.28. The standard InChI is InChI=1S/C16H18N4O2/c17-7-12-13-9-18-8-10(13)6-14(15(12)21)20-5-1-4-19(16(20)22)11-2-3-11/h6,11,18,21H,1-5,8-9H2. The number of benzene rings is 1. The molecule has 1 aromatic carbocycles. The number of nitrogens with one attached hydrogen (secondary N) is 1. The molecule has 0 bridgehead atoms. The van der Waals surface area contributed by atoms with Gasteiger partial charge < -0.3 is 15.3 Å². The predicted octanol–water partition coefficient (Wildman–Crippen LogP) is 1.66. The molecule has 0 radical (unpaired) electrons. The molecule has 6 nitrogen and oxygen atoms in total. The van der Waals surface area contributed by atoms with E-state index in [9.17, 15) is 15.2 Å². The Morgan fingerprint density at radius 3 is 2.86 bits per heavy atom. The van der Waals surface area contributed by atoms with Gasteiger partial charge in [-0.3, -0.25) is 4.90 Å². The molecule has 0 aromatic heterocycles. The fraction of sp³-hybridized carbons (Fsp3) is 0.500. The minimum absolute atomic E-state index is 0.0427. The largest absolute Gasteiger partial charge is 0.504 e. The van der Waals surface area contributed by atoms with Crippen LogP contribution in [0.15, 0.2) is 6.07 Å². The van der Waals surface area contributed by atoms with Crippen molar-refractivity contribution >= 4 is 11.7 Å². The number of amides is 2. The van der Waals surface area contributed by atoms with Crippen molar-refractivity contribution in [3.63, 3.8) is 0 Å². The summed E-state index contributed by atoms with van der Waals surface area (Å²) >= 11 is 0. The second-order valence-corrected chi connectivity index (χ2v) is 6.18. The van der Waals surface area contributed by atoms with Gasteiger partial charge in [0.05, 0.1) is 5.69 Å². The van der Waals surface area contributed by atoms with Gasteiger partial charge >= 0.3 is 6.03 Å². The number of nitriles is 1. The molecule has 2 amide bonds. The van der Waals surface area contributed by atoms with Gasteiger partial charge in [-0.1, -0.05) is 0 Å². The van der Waals surface area contributed by atoms with E-state index in [2.05, 4.69) is 11.4 Å². The van der Waals surface area contributed by atoms with Gasteiger partial charge in [-0.15, -0.1) is 0 Å². The van der Waals surface area contributed by atoms with Crippen LogP contribution in [0.25, 0.3) is 0 Å². The van der Waals surface area contributed by atoms with Crippen molar-refractivity contribution in [3.8, 4) is 11.8 Å². The molecule has 4 rings (SSSR count). The van der Waals surface area contributed by atoms with E-state index in [4.69, 9.17) is 0 Å². The topological polar surface area (TPSA) is 79.6 Å². The lowest BCUT2D eigenvalue weighted by molar-refractivity contribution is 0.192. The van der Waals surface area contributed by atoms with Crippen LogP contribution in [0.2, 0.25) is 0 Å². The summed E-state index contributed by atoms with van der Waals surface area (Å²) in [7, 11) is 0. The quantitative estimate of drug-likeness (QED) is 0.870. The molecule has 1 aliphatic carbocycles. The maximum atomic E-state index is 12.7. The van der Waals surface area contributed by atoms with E-state index < -0.39 is 0 Å². The summed E-state index contributed by atoms with van der Waals surface area (Å²) < 4.78 is 0. The first-order chi connectivity index (χ1) is 10.7. The number of rotatable bonds is 2. The summed E-state index contributed by atoms with van der Waals surface area (Å²) in [6.07, 6.45) is 3.03. The van der Waals surface area contributed by atoms with E-state index in [1.165, 1.54) is 0 Å². The van der Waals surface area contributed by atoms with Crippen LogP contribution in [0, 0.1) is 11.3 Å². The smallest absolute Gasteiger partial charge is 0.324 e. The van der Waals surface area contributed by atoms with Crippen molar-refractivity contribution in [2.45, 2.75) is 38.4 Å². The number of anilines is 1. The fourth-order valence-corrected chi connectivity index (χ4v) is 3.45. The van der Waals surface area contributed by atoms with Crippen molar-refractivity contribution in [1.29, 1.82) is 5.26 Å². The highest BCUT2D eigenvalue weighted by Gasteiger charge is 2.38. The number of carbonyl (C=O) groups is 1. The molecule has 0 spiro atoms. The van der Waals surface area contributed by atoms with Crippen LogP contribution in [-0.4, -0.2) is 35.2 Å². The lowest BCUT2D eigenvalue weighted by atomic mass is 10.0. The van der Waals surface area contributed by atoms with Gasteiger partial charge in [0.2, 0.25) is 0 Å². The van der Waals surface area contributed by atoms with E-state index in [1.807, 2.05) is 11.0 Å². The van der Waals surface area contributed by atoms with Crippen LogP contribution >= 0.6 is 0 Å². The highest BCUT2D eigenvalue weighted by atomic mass is 16.3. The number of hydrogen-bond acceptors (Lipinski definition) is 4. The summed E-state index contributed by atoms with van der Waals surface area (Å²) in [5.41, 5.74) is 2.64. The Kier molecular flexibility index (Phi) is 2.98. The zero-order valence-corrected chi connectivity index (χ0v) is 12.3. The number of urea groups is 1. The zero-order valence-electron chi connectivity index (χ0n) is 12.3. The Labute approximate surface area is 128 Å². The molecule has 1 saturated carbocycles. The number of phenolic OH excluding ortho intramolecular Hbond substituents is 1. The summed E-state index contributed by atoms with van der Waals surface area (Å²) in [5.74, 6) is -0.0593. The molecule has 2 fully saturated rings. The Morgan fingerprint density at radius 2 is 2.14 bits per heavy atom. The summed E-state index contributed by atoms with van der Waals surface area (Å²) in [6.45, 7) is 2.64. The molecule has 2 N–H and O–H groups in total. The molecule has 0 unspecified atom stereocenters. The highest BCUT2D eigenvalue weighted by molar-refractivity contribution is 5.95. The zero-order chi connectivity index (χ0) is 15.3. The van der Waals surface area contributed by atoms with Crippen LogP contribution < -0.4 is 10.2 Å². The molecule has 3 aliphatic rings. The number of carbonyl (C=O) groups excluding carboxylic acids is 1. The van der Waals surface area contributed by atoms with Crippen molar-refractivity contribution in [1.82, 2.24) is 10.2 Å². The molecule has 1 saturated heterocycles. The van der Waals surface area contributed by atoms with Crippen LogP contribution in [0.1, 0.15) is 36.0 Å². The Bertz CT molecular complexity index is 690. The first kappa shape index (κ1) is 13.4. The fourth-order valence-electron chi connectivity index (χ4n) is 3.45. The first-order valence-corrected chi connectivity index (χ1v) is 7.77. The van der Waals surface area contributed by atoms with Gasteiger partial charge in [0, 0.05) is 32.2 Å². The van der Waals surface area contributed by atoms with E-state index >= 15 is 0 Å². The van der Waals surface area contributed by atoms with E-state index in [1.54, 1.807) is 4.90 Å². The van der Waals surface area contributed by atoms with Crippen molar-refractivity contribution < 1.29 is 9.90 Å². The van der Waals surface area contributed by atoms with Crippen LogP contribution in [0.3, 0.4) is 0 Å². The third kappa shape index (κ3) is 1.93. The Balaban J connectivity index is 1.76. The van der Waals surface area contributed by atoms with Crippen molar-refractivity contribution in [2.75, 3.05) is 18.0 Å². The number of fused-ring (bicyclic) bond motifs is 1. The molecule has 22 heavy (non-hydrogen) atoms. The number of phenols is 1. The molecular weight excluding hydrogens is 280 g/mol. The maximum absolute atomic E-state index is 12.7. The molecule has 0 atom stereocenters. The van der Waals surface area contributed by atoms with Gasteiger partial charge in [0.15, 0.2) is 5.75 Å². The first-order valence-electron chi connectivity index (χ1n) is 7.77. The lowest BCUT2D eigenvalue weighted by Gasteiger charge is -2.36. The average molecular weight is 298 g/mol. The van der Waals surface area contributed by atoms with Gasteiger partial charge in [0.25, 0.3) is 0 Å². The second-order valence-electron chi connectivity index (χ2n) is 6.18. The van der Waals surface area contributed by atoms with Gasteiger partial charge in [-0.2, -0.15) is 5.26 Å². The SMILES string of the molecule is N#Cc1c(O)c(N2CCCN(C3CC3)C2=O)cc2c1CNC2. The highest BCUT2D eigenvalue weighted by Crippen LogP contribution is 2.39. The predicted molar refractivity (Wildman–Crippen MR) is 80.5 cm³/mol. The normalized spacial score (nSPS) is 21.0. The van der Waals surface area contributed by atoms with Crippen LogP contribution in [0.5, 0.6) is 5.75 Å². The molecule has 1 aromatic rings. The third-order valence-corrected chi connectivity index (χ3v) is 4.74. The monoisotopic (exact) mass is 298 g/mol. The minimum atomic E-state index is -0.0593. The Hall–Kier alpha value is -2.26. The summed E-state index contributed by atoms with van der Waals surface area (Å²) in [5, 5.41) is 23.1. The van der Waals surface area contributed by atoms with Crippen molar-refractivity contribution in [3.05, 3.63) is 22.8 Å². The molecular formula is C16H18N4O2. The minimum Gasteiger partial charge on any atom is -0.504 e. The third-order valence-electron chi connectivity index (χ3n) is 4.74. The van der Waals surface area contributed by atoms with E-state index in [-0.39, 0.29) is 11.8 Å². The summed E-state index contributed by atoms with van der Waals surface area (Å²) in [4.78, 5) is 16.2. The second kappa shape index (κ2) is 4.89. The maximum Gasteiger partial charge on any atom is 0.324 e. The van der Waals surface area contributed by atoms with Crippen molar-refractivity contribution in [2.24, 2.45) is 0 Å². The lowest BCUT2D eigenvalue weighted by Crippen LogP contribution is -2.50. The van der Waals surface area contributed by atoms with Gasteiger partial charge in [-0.05, 0) is 36.5 Å². The van der Waals surface area contributed by atoms with Crippen LogP contribution in [0.4, 0.5) is 10.5 Å². The van der Waals surface area contributed by atoms with Gasteiger partial charge in [0.1, 0.15) is 11.6 Å². The number of hydrogen-bond donors (Lipinski definition) is 2. The number of aromatic hydroxyl groups is 1. The molecule has 6 heteroatoms. The molecule has 2 aliphatic heterocycles. The average Bonchev–Trinajstić information content (AvgIpc) is 3.25.